The van der Waals surface area contributed by atoms with E-state index in [0.717, 1.165) is 44.9 Å². The lowest BCUT2D eigenvalue weighted by molar-refractivity contribution is -0.217. The highest BCUT2D eigenvalue weighted by Gasteiger charge is 2.69. The minimum Gasteiger partial charge on any atom is -0.481 e. The van der Waals surface area contributed by atoms with Crippen LogP contribution in [0.3, 0.4) is 0 Å². The molecule has 4 N–H and O–H groups in total. The number of rotatable bonds is 2. The van der Waals surface area contributed by atoms with E-state index < -0.39 is 29.0 Å². The Morgan fingerprint density at radius 2 is 1.60 bits per heavy atom. The summed E-state index contributed by atoms with van der Waals surface area (Å²) >= 11 is 0. The van der Waals surface area contributed by atoms with Crippen LogP contribution < -0.4 is 0 Å². The molecule has 1 unspecified atom stereocenters. The maximum Gasteiger partial charge on any atom is 0.312 e. The molecule has 5 rings (SSSR count). The van der Waals surface area contributed by atoms with Crippen LogP contribution in [0.1, 0.15) is 99.3 Å². The predicted molar refractivity (Wildman–Crippen MR) is 135 cm³/mol. The summed E-state index contributed by atoms with van der Waals surface area (Å²) in [7, 11) is 0. The largest absolute Gasteiger partial charge is 0.481 e. The van der Waals surface area contributed by atoms with E-state index in [-0.39, 0.29) is 34.2 Å². The zero-order valence-electron chi connectivity index (χ0n) is 22.7. The van der Waals surface area contributed by atoms with Gasteiger partial charge in [0, 0.05) is 5.41 Å². The molecule has 35 heavy (non-hydrogen) atoms. The highest BCUT2D eigenvalue weighted by Crippen LogP contribution is 2.75. The van der Waals surface area contributed by atoms with Gasteiger partial charge in [0.15, 0.2) is 0 Å². The van der Waals surface area contributed by atoms with Crippen molar-refractivity contribution in [1.82, 2.24) is 0 Å². The quantitative estimate of drug-likeness (QED) is 0.402. The number of carboxylic acid groups (broad SMARTS) is 1. The molecule has 0 amide bonds. The molecule has 198 valence electrons. The lowest BCUT2D eigenvalue weighted by Crippen LogP contribution is -2.66. The highest BCUT2D eigenvalue weighted by atomic mass is 16.4. The topological polar surface area (TPSA) is 98.0 Å². The third-order valence-electron chi connectivity index (χ3n) is 13.6. The molecule has 0 heterocycles. The summed E-state index contributed by atoms with van der Waals surface area (Å²) in [5.74, 6) is 0.0847. The number of hydrogen-bond donors (Lipinski definition) is 4. The molecule has 0 aromatic carbocycles. The Labute approximate surface area is 211 Å². The van der Waals surface area contributed by atoms with Gasteiger partial charge in [-0.3, -0.25) is 4.79 Å². The number of fused-ring (bicyclic) bond motifs is 7. The minimum atomic E-state index is -1.10. The summed E-state index contributed by atoms with van der Waals surface area (Å²) in [6, 6.07) is 0. The Balaban J connectivity index is 1.57. The van der Waals surface area contributed by atoms with Crippen molar-refractivity contribution in [2.75, 3.05) is 6.61 Å². The van der Waals surface area contributed by atoms with E-state index in [1.54, 1.807) is 6.92 Å². The predicted octanol–water partition coefficient (Wildman–Crippen LogP) is 5.18. The number of aliphatic carboxylic acids is 1. The number of carbonyl (C=O) groups is 1. The molecule has 4 saturated carbocycles. The Bertz CT molecular complexity index is 945. The van der Waals surface area contributed by atoms with Crippen molar-refractivity contribution >= 4 is 5.97 Å². The molecule has 5 nitrogen and oxygen atoms in total. The second-order valence-corrected chi connectivity index (χ2v) is 14.9. The van der Waals surface area contributed by atoms with E-state index in [1.165, 1.54) is 5.57 Å². The van der Waals surface area contributed by atoms with E-state index in [1.807, 2.05) is 0 Å². The van der Waals surface area contributed by atoms with Crippen LogP contribution in [0.2, 0.25) is 0 Å². The summed E-state index contributed by atoms with van der Waals surface area (Å²) in [6.45, 7) is 13.6. The molecule has 0 spiro atoms. The van der Waals surface area contributed by atoms with Crippen LogP contribution in [0.15, 0.2) is 11.6 Å². The monoisotopic (exact) mass is 488 g/mol. The Kier molecular flexibility index (Phi) is 5.56. The third kappa shape index (κ3) is 3.01. The van der Waals surface area contributed by atoms with Gasteiger partial charge >= 0.3 is 5.97 Å². The average Bonchev–Trinajstić information content (AvgIpc) is 2.79. The van der Waals surface area contributed by atoms with Crippen LogP contribution in [-0.2, 0) is 4.79 Å². The van der Waals surface area contributed by atoms with Crippen molar-refractivity contribution in [1.29, 1.82) is 0 Å². The molecule has 0 aromatic heterocycles. The molecule has 0 bridgehead atoms. The number of hydrogen-bond acceptors (Lipinski definition) is 4. The molecule has 11 atom stereocenters. The van der Waals surface area contributed by atoms with Gasteiger partial charge in [-0.1, -0.05) is 46.3 Å². The first kappa shape index (κ1) is 25.7. The van der Waals surface area contributed by atoms with Gasteiger partial charge < -0.3 is 20.4 Å². The molecule has 0 saturated heterocycles. The number of aliphatic hydroxyl groups excluding tert-OH is 3. The zero-order valence-corrected chi connectivity index (χ0v) is 22.7. The smallest absolute Gasteiger partial charge is 0.312 e. The standard InChI is InChI=1S/C30H48O5/c1-25-13-14-29(5)18(19(25)15-27(3,24(34)35)23(33)16-25)7-8-21-26(2)11-10-22(32)28(4,17-31)20(26)9-12-30(21,29)6/h7,19-23,31-33H,8-17H2,1-6H3,(H,34,35)/t19-,20?,21-,22+,23-,25+,26+,27+,28-,29-,30-/m1/s1. The highest BCUT2D eigenvalue weighted by molar-refractivity contribution is 5.75. The molecule has 5 aliphatic rings. The van der Waals surface area contributed by atoms with Crippen LogP contribution in [0.25, 0.3) is 0 Å². The van der Waals surface area contributed by atoms with Gasteiger partial charge in [-0.15, -0.1) is 0 Å². The maximum absolute atomic E-state index is 12.3. The van der Waals surface area contributed by atoms with E-state index in [0.29, 0.717) is 24.7 Å². The second kappa shape index (κ2) is 7.57. The Hall–Kier alpha value is -0.910. The zero-order chi connectivity index (χ0) is 25.8. The molecule has 5 aliphatic carbocycles. The van der Waals surface area contributed by atoms with Crippen LogP contribution in [0, 0.1) is 50.2 Å². The molecular weight excluding hydrogens is 440 g/mol. The van der Waals surface area contributed by atoms with Crippen molar-refractivity contribution < 1.29 is 25.2 Å². The average molecular weight is 489 g/mol. The van der Waals surface area contributed by atoms with Gasteiger partial charge in [-0.25, -0.2) is 0 Å². The van der Waals surface area contributed by atoms with E-state index in [2.05, 4.69) is 40.7 Å². The van der Waals surface area contributed by atoms with E-state index in [4.69, 9.17) is 0 Å². The van der Waals surface area contributed by atoms with Gasteiger partial charge in [-0.2, -0.15) is 0 Å². The SMILES string of the molecule is C[C@@]12CC[C@]3(C)C(=CC[C@@H]4[C@@]5(C)CC[C@H](O)[C@](C)(CO)C5CC[C@]43C)[C@H]1C[C@](C)(C(=O)O)[C@H](O)C2. The minimum absolute atomic E-state index is 0.00145. The molecule has 4 fully saturated rings. The first-order chi connectivity index (χ1) is 16.1. The Morgan fingerprint density at radius 1 is 0.914 bits per heavy atom. The molecule has 0 aromatic rings. The van der Waals surface area contributed by atoms with E-state index >= 15 is 0 Å². The summed E-state index contributed by atoms with van der Waals surface area (Å²) in [5.41, 5.74) is 0.00866. The van der Waals surface area contributed by atoms with Crippen molar-refractivity contribution in [2.24, 2.45) is 50.2 Å². The van der Waals surface area contributed by atoms with Crippen molar-refractivity contribution in [3.05, 3.63) is 11.6 Å². The van der Waals surface area contributed by atoms with Crippen LogP contribution in [-0.4, -0.2) is 45.2 Å². The Morgan fingerprint density at radius 3 is 2.23 bits per heavy atom. The fraction of sp³-hybridized carbons (Fsp3) is 0.900. The summed E-state index contributed by atoms with van der Waals surface area (Å²) in [5, 5.41) is 42.3. The first-order valence-corrected chi connectivity index (χ1v) is 14.0. The summed E-state index contributed by atoms with van der Waals surface area (Å²) in [6.07, 6.45) is 9.24. The lowest BCUT2D eigenvalue weighted by atomic mass is 9.33. The normalized spacial score (nSPS) is 57.7. The molecule has 5 heteroatoms. The van der Waals surface area contributed by atoms with Gasteiger partial charge in [0.1, 0.15) is 0 Å². The number of allylic oxidation sites excluding steroid dienone is 2. The van der Waals surface area contributed by atoms with Crippen molar-refractivity contribution in [2.45, 2.75) is 112 Å². The summed E-state index contributed by atoms with van der Waals surface area (Å²) < 4.78 is 0. The van der Waals surface area contributed by atoms with Crippen molar-refractivity contribution in [3.8, 4) is 0 Å². The van der Waals surface area contributed by atoms with Gasteiger partial charge in [0.25, 0.3) is 0 Å². The molecule has 0 aliphatic heterocycles. The summed E-state index contributed by atoms with van der Waals surface area (Å²) in [4.78, 5) is 12.3. The first-order valence-electron chi connectivity index (χ1n) is 14.0. The lowest BCUT2D eigenvalue weighted by Gasteiger charge is -2.71. The van der Waals surface area contributed by atoms with Crippen LogP contribution in [0.4, 0.5) is 0 Å². The van der Waals surface area contributed by atoms with Crippen LogP contribution in [0.5, 0.6) is 0 Å². The van der Waals surface area contributed by atoms with Gasteiger partial charge in [-0.05, 0) is 104 Å². The van der Waals surface area contributed by atoms with E-state index in [9.17, 15) is 25.2 Å². The second-order valence-electron chi connectivity index (χ2n) is 14.9. The number of carboxylic acids is 1. The number of aliphatic hydroxyl groups is 3. The van der Waals surface area contributed by atoms with Crippen molar-refractivity contribution in [3.63, 3.8) is 0 Å². The van der Waals surface area contributed by atoms with Gasteiger partial charge in [0.2, 0.25) is 0 Å². The maximum atomic E-state index is 12.3. The molecule has 0 radical (unpaired) electrons. The third-order valence-corrected chi connectivity index (χ3v) is 13.6. The van der Waals surface area contributed by atoms with Gasteiger partial charge in [0.05, 0.1) is 24.2 Å². The fourth-order valence-corrected chi connectivity index (χ4v) is 10.7. The fourth-order valence-electron chi connectivity index (χ4n) is 10.7. The molecular formula is C30H48O5. The van der Waals surface area contributed by atoms with Crippen LogP contribution >= 0.6 is 0 Å².